The van der Waals surface area contributed by atoms with Gasteiger partial charge in [-0.05, 0) is 37.8 Å². The van der Waals surface area contributed by atoms with Crippen LogP contribution < -0.4 is 0 Å². The van der Waals surface area contributed by atoms with Crippen molar-refractivity contribution < 1.29 is 19.7 Å². The van der Waals surface area contributed by atoms with Crippen LogP contribution in [0.3, 0.4) is 0 Å². The zero-order chi connectivity index (χ0) is 14.2. The van der Waals surface area contributed by atoms with E-state index in [1.807, 2.05) is 19.9 Å². The van der Waals surface area contributed by atoms with E-state index < -0.39 is 12.2 Å². The van der Waals surface area contributed by atoms with Crippen molar-refractivity contribution in [1.82, 2.24) is 0 Å². The number of carbonyl (C=O) groups is 1. The number of ether oxygens (including phenoxy) is 1. The van der Waals surface area contributed by atoms with E-state index in [0.717, 1.165) is 5.57 Å². The highest BCUT2D eigenvalue weighted by molar-refractivity contribution is 5.75. The Morgan fingerprint density at radius 1 is 1.37 bits per heavy atom. The van der Waals surface area contributed by atoms with E-state index in [1.54, 1.807) is 0 Å². The lowest BCUT2D eigenvalue weighted by atomic mass is 9.82. The molecule has 5 atom stereocenters. The third-order valence-corrected chi connectivity index (χ3v) is 4.30. The summed E-state index contributed by atoms with van der Waals surface area (Å²) in [6.45, 7) is 7.59. The lowest BCUT2D eigenvalue weighted by Crippen LogP contribution is -2.29. The molecule has 106 valence electrons. The molecule has 0 spiro atoms. The fraction of sp³-hybridized carbons (Fsp3) is 0.667. The normalized spacial score (nSPS) is 43.2. The number of carbonyl (C=O) groups excluding carboxylic acids is 1. The Morgan fingerprint density at radius 3 is 2.74 bits per heavy atom. The molecule has 1 saturated heterocycles. The second-order valence-electron chi connectivity index (χ2n) is 5.75. The Labute approximate surface area is 113 Å². The van der Waals surface area contributed by atoms with Crippen molar-refractivity contribution in [1.29, 1.82) is 0 Å². The third-order valence-electron chi connectivity index (χ3n) is 4.30. The summed E-state index contributed by atoms with van der Waals surface area (Å²) < 4.78 is 5.37. The van der Waals surface area contributed by atoms with Crippen LogP contribution in [0.5, 0.6) is 0 Å². The molecule has 0 aromatic carbocycles. The van der Waals surface area contributed by atoms with E-state index >= 15 is 0 Å². The number of hydrogen-bond donors (Lipinski definition) is 2. The maximum atomic E-state index is 11.7. The van der Waals surface area contributed by atoms with Gasteiger partial charge in [-0.2, -0.15) is 0 Å². The zero-order valence-corrected chi connectivity index (χ0v) is 11.5. The van der Waals surface area contributed by atoms with Crippen LogP contribution in [-0.4, -0.2) is 34.5 Å². The molecule has 1 aliphatic heterocycles. The molecule has 2 N–H and O–H groups in total. The lowest BCUT2D eigenvalue weighted by Gasteiger charge is -2.26. The fourth-order valence-corrected chi connectivity index (χ4v) is 2.83. The minimum atomic E-state index is -0.786. The minimum absolute atomic E-state index is 0.0560. The molecule has 2 aliphatic rings. The highest BCUT2D eigenvalue weighted by Crippen LogP contribution is 2.35. The van der Waals surface area contributed by atoms with Gasteiger partial charge in [0.05, 0.1) is 18.1 Å². The highest BCUT2D eigenvalue weighted by atomic mass is 16.6. The first-order valence-electron chi connectivity index (χ1n) is 6.82. The van der Waals surface area contributed by atoms with E-state index in [-0.39, 0.29) is 23.9 Å². The molecule has 0 radical (unpaired) electrons. The molecule has 0 amide bonds. The number of rotatable bonds is 0. The fourth-order valence-electron chi connectivity index (χ4n) is 2.83. The maximum absolute atomic E-state index is 11.7. The predicted molar refractivity (Wildman–Crippen MR) is 71.3 cm³/mol. The molecule has 1 aliphatic carbocycles. The molecular formula is C15H22O4. The first kappa shape index (κ1) is 14.3. The van der Waals surface area contributed by atoms with Gasteiger partial charge in [-0.15, -0.1) is 0 Å². The summed E-state index contributed by atoms with van der Waals surface area (Å²) in [5, 5.41) is 20.1. The van der Waals surface area contributed by atoms with Gasteiger partial charge in [-0.1, -0.05) is 19.1 Å². The summed E-state index contributed by atoms with van der Waals surface area (Å²) in [4.78, 5) is 11.7. The summed E-state index contributed by atoms with van der Waals surface area (Å²) in [6.07, 6.45) is 1.87. The van der Waals surface area contributed by atoms with Crippen molar-refractivity contribution in [2.45, 2.75) is 51.4 Å². The molecular weight excluding hydrogens is 244 g/mol. The molecule has 0 bridgehead atoms. The van der Waals surface area contributed by atoms with Crippen LogP contribution >= 0.6 is 0 Å². The number of aliphatic hydroxyl groups is 2. The van der Waals surface area contributed by atoms with Crippen LogP contribution in [0, 0.1) is 11.8 Å². The van der Waals surface area contributed by atoms with Crippen LogP contribution in [0.15, 0.2) is 23.8 Å². The number of hydrogen-bond acceptors (Lipinski definition) is 4. The van der Waals surface area contributed by atoms with Gasteiger partial charge in [0.25, 0.3) is 0 Å². The van der Waals surface area contributed by atoms with Crippen LogP contribution in [0.1, 0.15) is 33.1 Å². The van der Waals surface area contributed by atoms with Gasteiger partial charge in [0.1, 0.15) is 6.10 Å². The molecule has 19 heavy (non-hydrogen) atoms. The standard InChI is InChI=1S/C15H22O4/c1-8-4-5-12(16)10(3)13(17)7-11-9(2)15(18)19-14(11)6-8/h6,9,11-14,16-17H,3-5,7H2,1-2H3/b8-6-/t9-,11-,12+,13-,14+/m0/s1. The molecule has 4 heteroatoms. The second-order valence-corrected chi connectivity index (χ2v) is 5.75. The maximum Gasteiger partial charge on any atom is 0.309 e. The SMILES string of the molecule is C=C1[C@H](O)CC/C(C)=C\[C@H]2OC(=O)[C@@H](C)[C@@H]2C[C@@H]1O. The highest BCUT2D eigenvalue weighted by Gasteiger charge is 2.42. The van der Waals surface area contributed by atoms with E-state index in [0.29, 0.717) is 24.8 Å². The summed E-state index contributed by atoms with van der Waals surface area (Å²) in [5.41, 5.74) is 1.54. The molecule has 0 aromatic rings. The Kier molecular flexibility index (Phi) is 4.11. The second kappa shape index (κ2) is 5.47. The van der Waals surface area contributed by atoms with Gasteiger partial charge in [-0.25, -0.2) is 0 Å². The first-order valence-corrected chi connectivity index (χ1v) is 6.82. The van der Waals surface area contributed by atoms with Crippen LogP contribution in [0.2, 0.25) is 0 Å². The molecule has 0 saturated carbocycles. The quantitative estimate of drug-likeness (QED) is 0.516. The summed E-state index contributed by atoms with van der Waals surface area (Å²) in [5.74, 6) is -0.496. The number of aliphatic hydroxyl groups excluding tert-OH is 2. The molecule has 0 aromatic heterocycles. The van der Waals surface area contributed by atoms with E-state index in [2.05, 4.69) is 6.58 Å². The van der Waals surface area contributed by atoms with Gasteiger partial charge < -0.3 is 14.9 Å². The van der Waals surface area contributed by atoms with Crippen LogP contribution in [0.4, 0.5) is 0 Å². The number of fused-ring (bicyclic) bond motifs is 1. The molecule has 0 unspecified atom stereocenters. The topological polar surface area (TPSA) is 66.8 Å². The summed E-state index contributed by atoms with van der Waals surface area (Å²) in [7, 11) is 0. The minimum Gasteiger partial charge on any atom is -0.458 e. The van der Waals surface area contributed by atoms with Crippen molar-refractivity contribution in [3.63, 3.8) is 0 Å². The first-order chi connectivity index (χ1) is 8.90. The van der Waals surface area contributed by atoms with Crippen molar-refractivity contribution in [2.75, 3.05) is 0 Å². The largest absolute Gasteiger partial charge is 0.458 e. The average Bonchev–Trinajstić information content (AvgIpc) is 2.62. The Balaban J connectivity index is 2.28. The van der Waals surface area contributed by atoms with Crippen molar-refractivity contribution >= 4 is 5.97 Å². The Morgan fingerprint density at radius 2 is 2.05 bits per heavy atom. The Bertz CT molecular complexity index is 412. The predicted octanol–water partition coefficient (Wildman–Crippen LogP) is 1.57. The van der Waals surface area contributed by atoms with E-state index in [4.69, 9.17) is 4.74 Å². The molecule has 1 heterocycles. The van der Waals surface area contributed by atoms with Crippen molar-refractivity contribution in [2.24, 2.45) is 11.8 Å². The lowest BCUT2D eigenvalue weighted by molar-refractivity contribution is -0.142. The summed E-state index contributed by atoms with van der Waals surface area (Å²) >= 11 is 0. The Hall–Kier alpha value is -1.13. The van der Waals surface area contributed by atoms with Crippen molar-refractivity contribution in [3.8, 4) is 0 Å². The van der Waals surface area contributed by atoms with E-state index in [1.165, 1.54) is 0 Å². The monoisotopic (exact) mass is 266 g/mol. The van der Waals surface area contributed by atoms with Crippen LogP contribution in [-0.2, 0) is 9.53 Å². The van der Waals surface area contributed by atoms with Gasteiger partial charge in [0.15, 0.2) is 0 Å². The van der Waals surface area contributed by atoms with Crippen molar-refractivity contribution in [3.05, 3.63) is 23.8 Å². The van der Waals surface area contributed by atoms with Gasteiger partial charge in [0.2, 0.25) is 0 Å². The molecule has 4 nitrogen and oxygen atoms in total. The molecule has 1 fully saturated rings. The molecule has 2 rings (SSSR count). The van der Waals surface area contributed by atoms with E-state index in [9.17, 15) is 15.0 Å². The average molecular weight is 266 g/mol. The van der Waals surface area contributed by atoms with Crippen LogP contribution in [0.25, 0.3) is 0 Å². The van der Waals surface area contributed by atoms with Gasteiger partial charge in [-0.3, -0.25) is 4.79 Å². The smallest absolute Gasteiger partial charge is 0.309 e. The summed E-state index contributed by atoms with van der Waals surface area (Å²) in [6, 6.07) is 0. The van der Waals surface area contributed by atoms with Gasteiger partial charge in [0, 0.05) is 5.92 Å². The number of esters is 1. The third kappa shape index (κ3) is 2.90. The van der Waals surface area contributed by atoms with Gasteiger partial charge >= 0.3 is 5.97 Å². The zero-order valence-electron chi connectivity index (χ0n) is 11.5. The number of allylic oxidation sites excluding steroid dienone is 1.